The van der Waals surface area contributed by atoms with E-state index >= 15 is 0 Å². The summed E-state index contributed by atoms with van der Waals surface area (Å²) in [5.41, 5.74) is 7.83. The molecule has 4 heteroatoms. The van der Waals surface area contributed by atoms with Crippen LogP contribution in [0.2, 0.25) is 5.02 Å². The van der Waals surface area contributed by atoms with Crippen molar-refractivity contribution in [1.29, 1.82) is 0 Å². The normalized spacial score (nSPS) is 13.6. The minimum atomic E-state index is -0.0918. The predicted molar refractivity (Wildman–Crippen MR) is 67.7 cm³/mol. The summed E-state index contributed by atoms with van der Waals surface area (Å²) < 4.78 is 2.11. The highest BCUT2D eigenvalue weighted by Crippen LogP contribution is 2.29. The first-order chi connectivity index (χ1) is 7.52. The lowest BCUT2D eigenvalue weighted by Crippen LogP contribution is -2.15. The fraction of sp³-hybridized carbons (Fsp3) is 0.417. The molecule has 0 amide bonds. The van der Waals surface area contributed by atoms with Crippen LogP contribution in [0.15, 0.2) is 18.2 Å². The van der Waals surface area contributed by atoms with Gasteiger partial charge in [-0.1, -0.05) is 17.7 Å². The lowest BCUT2D eigenvalue weighted by atomic mass is 10.2. The van der Waals surface area contributed by atoms with Crippen molar-refractivity contribution in [1.82, 2.24) is 9.55 Å². The largest absolute Gasteiger partial charge is 0.323 e. The second-order valence-electron chi connectivity index (χ2n) is 4.33. The van der Waals surface area contributed by atoms with Gasteiger partial charge in [0.05, 0.1) is 22.1 Å². The average Bonchev–Trinajstić information content (AvgIpc) is 2.58. The molecule has 0 saturated carbocycles. The molecule has 3 nitrogen and oxygen atoms in total. The first-order valence-electron chi connectivity index (χ1n) is 5.44. The zero-order valence-corrected chi connectivity index (χ0v) is 10.5. The molecule has 1 unspecified atom stereocenters. The molecule has 1 aromatic carbocycles. The van der Waals surface area contributed by atoms with Crippen LogP contribution in [-0.2, 0) is 0 Å². The number of aromatic nitrogens is 2. The lowest BCUT2D eigenvalue weighted by molar-refractivity contribution is 0.558. The summed E-state index contributed by atoms with van der Waals surface area (Å²) in [6.45, 7) is 6.15. The fourth-order valence-electron chi connectivity index (χ4n) is 1.97. The number of para-hydroxylation sites is 1. The van der Waals surface area contributed by atoms with Gasteiger partial charge < -0.3 is 10.3 Å². The van der Waals surface area contributed by atoms with Gasteiger partial charge in [-0.25, -0.2) is 4.98 Å². The Bertz CT molecular complexity index is 514. The van der Waals surface area contributed by atoms with Gasteiger partial charge in [-0.2, -0.15) is 0 Å². The molecule has 1 aromatic heterocycles. The third-order valence-electron chi connectivity index (χ3n) is 2.61. The molecule has 0 spiro atoms. The van der Waals surface area contributed by atoms with Gasteiger partial charge in [0.15, 0.2) is 0 Å². The van der Waals surface area contributed by atoms with E-state index in [2.05, 4.69) is 23.4 Å². The van der Waals surface area contributed by atoms with E-state index in [9.17, 15) is 0 Å². The number of halogens is 1. The molecule has 1 atom stereocenters. The third-order valence-corrected chi connectivity index (χ3v) is 2.92. The summed E-state index contributed by atoms with van der Waals surface area (Å²) in [5, 5.41) is 0.727. The number of hydrogen-bond donors (Lipinski definition) is 1. The van der Waals surface area contributed by atoms with Crippen molar-refractivity contribution in [2.75, 3.05) is 0 Å². The Hall–Kier alpha value is -1.06. The van der Waals surface area contributed by atoms with Crippen LogP contribution in [0.25, 0.3) is 11.0 Å². The van der Waals surface area contributed by atoms with E-state index in [1.54, 1.807) is 0 Å². The summed E-state index contributed by atoms with van der Waals surface area (Å²) >= 11 is 6.22. The van der Waals surface area contributed by atoms with Gasteiger partial charge in [0, 0.05) is 6.04 Å². The number of hydrogen-bond acceptors (Lipinski definition) is 2. The molecular weight excluding hydrogens is 222 g/mol. The summed E-state index contributed by atoms with van der Waals surface area (Å²) in [6.07, 6.45) is 0. The zero-order valence-electron chi connectivity index (χ0n) is 9.74. The summed E-state index contributed by atoms with van der Waals surface area (Å²) in [6, 6.07) is 5.96. The number of fused-ring (bicyclic) bond motifs is 1. The molecule has 16 heavy (non-hydrogen) atoms. The van der Waals surface area contributed by atoms with E-state index < -0.39 is 0 Å². The number of rotatable bonds is 2. The summed E-state index contributed by atoms with van der Waals surface area (Å²) in [5.74, 6) is 0.887. The Morgan fingerprint density at radius 3 is 2.56 bits per heavy atom. The molecule has 2 aromatic rings. The van der Waals surface area contributed by atoms with E-state index in [1.807, 2.05) is 25.1 Å². The number of nitrogens with two attached hydrogens (primary N) is 1. The van der Waals surface area contributed by atoms with E-state index in [1.165, 1.54) is 0 Å². The van der Waals surface area contributed by atoms with Gasteiger partial charge in [-0.3, -0.25) is 0 Å². The van der Waals surface area contributed by atoms with Crippen LogP contribution in [0, 0.1) is 0 Å². The Kier molecular flexibility index (Phi) is 2.91. The Balaban J connectivity index is 2.83. The smallest absolute Gasteiger partial charge is 0.126 e. The molecule has 0 aliphatic heterocycles. The van der Waals surface area contributed by atoms with Crippen molar-refractivity contribution >= 4 is 22.6 Å². The molecule has 1 heterocycles. The van der Waals surface area contributed by atoms with Gasteiger partial charge in [-0.15, -0.1) is 0 Å². The summed E-state index contributed by atoms with van der Waals surface area (Å²) in [7, 11) is 0. The molecular formula is C12H16ClN3. The van der Waals surface area contributed by atoms with Crippen LogP contribution in [0.3, 0.4) is 0 Å². The van der Waals surface area contributed by atoms with Crippen LogP contribution in [-0.4, -0.2) is 9.55 Å². The Labute approximate surface area is 100 Å². The van der Waals surface area contributed by atoms with Crippen molar-refractivity contribution in [3.05, 3.63) is 29.0 Å². The van der Waals surface area contributed by atoms with E-state index in [0.29, 0.717) is 6.04 Å². The topological polar surface area (TPSA) is 43.8 Å². The highest BCUT2D eigenvalue weighted by atomic mass is 35.5. The van der Waals surface area contributed by atoms with Crippen LogP contribution < -0.4 is 5.73 Å². The molecule has 2 N–H and O–H groups in total. The second-order valence-corrected chi connectivity index (χ2v) is 4.74. The van der Waals surface area contributed by atoms with Crippen molar-refractivity contribution in [2.45, 2.75) is 32.9 Å². The maximum absolute atomic E-state index is 6.22. The standard InChI is InChI=1S/C12H16ClN3/c1-7(2)16-11-9(13)5-4-6-10(11)15-12(16)8(3)14/h4-8H,14H2,1-3H3. The number of nitrogens with zero attached hydrogens (tertiary/aromatic N) is 2. The first kappa shape index (κ1) is 11.4. The zero-order chi connectivity index (χ0) is 11.9. The van der Waals surface area contributed by atoms with Gasteiger partial charge in [0.1, 0.15) is 5.82 Å². The number of benzene rings is 1. The molecule has 0 aliphatic carbocycles. The molecule has 0 bridgehead atoms. The van der Waals surface area contributed by atoms with Crippen LogP contribution >= 0.6 is 11.6 Å². The maximum atomic E-state index is 6.22. The summed E-state index contributed by atoms with van der Waals surface area (Å²) in [4.78, 5) is 4.55. The van der Waals surface area contributed by atoms with Crippen LogP contribution in [0.4, 0.5) is 0 Å². The number of imidazole rings is 1. The van der Waals surface area contributed by atoms with Gasteiger partial charge in [0.2, 0.25) is 0 Å². The Morgan fingerprint density at radius 1 is 1.31 bits per heavy atom. The second kappa shape index (κ2) is 4.07. The van der Waals surface area contributed by atoms with Gasteiger partial charge in [0.25, 0.3) is 0 Å². The first-order valence-corrected chi connectivity index (χ1v) is 5.82. The molecule has 2 rings (SSSR count). The third kappa shape index (κ3) is 1.70. The highest BCUT2D eigenvalue weighted by Gasteiger charge is 2.17. The van der Waals surface area contributed by atoms with E-state index in [4.69, 9.17) is 17.3 Å². The lowest BCUT2D eigenvalue weighted by Gasteiger charge is -2.15. The molecule has 0 aliphatic rings. The van der Waals surface area contributed by atoms with Crippen molar-refractivity contribution in [3.8, 4) is 0 Å². The minimum absolute atomic E-state index is 0.0918. The quantitative estimate of drug-likeness (QED) is 0.871. The monoisotopic (exact) mass is 237 g/mol. The minimum Gasteiger partial charge on any atom is -0.323 e. The van der Waals surface area contributed by atoms with Crippen LogP contribution in [0.1, 0.15) is 38.7 Å². The van der Waals surface area contributed by atoms with Crippen molar-refractivity contribution < 1.29 is 0 Å². The Morgan fingerprint density at radius 2 is 2.00 bits per heavy atom. The van der Waals surface area contributed by atoms with Crippen molar-refractivity contribution in [2.24, 2.45) is 5.73 Å². The average molecular weight is 238 g/mol. The SMILES string of the molecule is CC(N)c1nc2cccc(Cl)c2n1C(C)C. The van der Waals surface area contributed by atoms with Gasteiger partial charge >= 0.3 is 0 Å². The van der Waals surface area contributed by atoms with Gasteiger partial charge in [-0.05, 0) is 32.9 Å². The predicted octanol–water partition coefficient (Wildman–Crippen LogP) is 3.29. The van der Waals surface area contributed by atoms with Crippen molar-refractivity contribution in [3.63, 3.8) is 0 Å². The molecule has 0 fully saturated rings. The van der Waals surface area contributed by atoms with E-state index in [-0.39, 0.29) is 6.04 Å². The van der Waals surface area contributed by atoms with Crippen LogP contribution in [0.5, 0.6) is 0 Å². The fourth-order valence-corrected chi connectivity index (χ4v) is 2.23. The highest BCUT2D eigenvalue weighted by molar-refractivity contribution is 6.35. The molecule has 86 valence electrons. The molecule has 0 radical (unpaired) electrons. The maximum Gasteiger partial charge on any atom is 0.126 e. The molecule has 0 saturated heterocycles. The van der Waals surface area contributed by atoms with E-state index in [0.717, 1.165) is 21.9 Å².